The summed E-state index contributed by atoms with van der Waals surface area (Å²) >= 11 is 0. The van der Waals surface area contributed by atoms with Crippen LogP contribution < -0.4 is 5.73 Å². The summed E-state index contributed by atoms with van der Waals surface area (Å²) in [4.78, 5) is 0. The molecule has 2 rings (SSSR count). The topological polar surface area (TPSA) is 26.0 Å². The first kappa shape index (κ1) is 13.6. The molecule has 2 aromatic rings. The molecule has 0 unspecified atom stereocenters. The summed E-state index contributed by atoms with van der Waals surface area (Å²) in [5, 5.41) is 0. The van der Waals surface area contributed by atoms with Crippen LogP contribution in [0.3, 0.4) is 0 Å². The number of rotatable bonds is 2. The molecule has 0 aromatic heterocycles. The number of benzene rings is 2. The molecule has 0 heterocycles. The van der Waals surface area contributed by atoms with Gasteiger partial charge in [-0.1, -0.05) is 36.4 Å². The van der Waals surface area contributed by atoms with Gasteiger partial charge in [0.15, 0.2) is 0 Å². The van der Waals surface area contributed by atoms with Crippen molar-refractivity contribution in [2.45, 2.75) is 19.1 Å². The van der Waals surface area contributed by atoms with Crippen LogP contribution >= 0.6 is 0 Å². The third kappa shape index (κ3) is 2.96. The van der Waals surface area contributed by atoms with Gasteiger partial charge in [0.05, 0.1) is 5.56 Å². The smallest absolute Gasteiger partial charge is 0.324 e. The second kappa shape index (κ2) is 5.05. The van der Waals surface area contributed by atoms with Crippen molar-refractivity contribution in [1.29, 1.82) is 0 Å². The Kier molecular flexibility index (Phi) is 3.62. The van der Waals surface area contributed by atoms with Crippen LogP contribution in [0, 0.1) is 0 Å². The summed E-state index contributed by atoms with van der Waals surface area (Å²) in [6.45, 7) is 1.80. The quantitative estimate of drug-likeness (QED) is 0.856. The molecule has 1 atom stereocenters. The molecule has 2 N–H and O–H groups in total. The largest absolute Gasteiger partial charge is 0.417 e. The van der Waals surface area contributed by atoms with Gasteiger partial charge in [-0.15, -0.1) is 0 Å². The number of halogens is 3. The first-order valence-corrected chi connectivity index (χ1v) is 5.92. The molecule has 0 aliphatic heterocycles. The SMILES string of the molecule is C[C@H](N)c1cccc(-c2ccccc2C(F)(F)F)c1. The van der Waals surface area contributed by atoms with Gasteiger partial charge in [0.25, 0.3) is 0 Å². The monoisotopic (exact) mass is 265 g/mol. The number of hydrogen-bond donors (Lipinski definition) is 1. The lowest BCUT2D eigenvalue weighted by atomic mass is 9.96. The molecule has 0 saturated carbocycles. The fraction of sp³-hybridized carbons (Fsp3) is 0.200. The highest BCUT2D eigenvalue weighted by Gasteiger charge is 2.33. The Morgan fingerprint density at radius 2 is 1.68 bits per heavy atom. The first-order chi connectivity index (χ1) is 8.89. The highest BCUT2D eigenvalue weighted by atomic mass is 19.4. The number of nitrogens with two attached hydrogens (primary N) is 1. The first-order valence-electron chi connectivity index (χ1n) is 5.92. The molecule has 4 heteroatoms. The summed E-state index contributed by atoms with van der Waals surface area (Å²) < 4.78 is 38.9. The van der Waals surface area contributed by atoms with Gasteiger partial charge in [0, 0.05) is 6.04 Å². The van der Waals surface area contributed by atoms with Crippen LogP contribution in [0.25, 0.3) is 11.1 Å². The Bertz CT molecular complexity index is 574. The molecule has 100 valence electrons. The highest BCUT2D eigenvalue weighted by molar-refractivity contribution is 5.68. The molecule has 0 bridgehead atoms. The fourth-order valence-electron chi connectivity index (χ4n) is 1.97. The summed E-state index contributed by atoms with van der Waals surface area (Å²) in [6.07, 6.45) is -4.36. The highest BCUT2D eigenvalue weighted by Crippen LogP contribution is 2.37. The van der Waals surface area contributed by atoms with Crippen LogP contribution in [-0.2, 0) is 6.18 Å². The molecular formula is C15H14F3N. The van der Waals surface area contributed by atoms with Crippen LogP contribution in [0.15, 0.2) is 48.5 Å². The number of alkyl halides is 3. The minimum atomic E-state index is -4.36. The van der Waals surface area contributed by atoms with E-state index in [4.69, 9.17) is 5.73 Å². The predicted molar refractivity (Wildman–Crippen MR) is 69.5 cm³/mol. The molecule has 0 amide bonds. The molecule has 2 aromatic carbocycles. The van der Waals surface area contributed by atoms with E-state index in [1.807, 2.05) is 6.07 Å². The van der Waals surface area contributed by atoms with Gasteiger partial charge >= 0.3 is 6.18 Å². The third-order valence-electron chi connectivity index (χ3n) is 2.96. The summed E-state index contributed by atoms with van der Waals surface area (Å²) in [7, 11) is 0. The van der Waals surface area contributed by atoms with Crippen LogP contribution in [0.2, 0.25) is 0 Å². The second-order valence-corrected chi connectivity index (χ2v) is 4.46. The van der Waals surface area contributed by atoms with E-state index in [1.165, 1.54) is 12.1 Å². The zero-order chi connectivity index (χ0) is 14.0. The average Bonchev–Trinajstić information content (AvgIpc) is 2.38. The Balaban J connectivity index is 2.56. The van der Waals surface area contributed by atoms with Crippen molar-refractivity contribution in [2.75, 3.05) is 0 Å². The molecule has 0 radical (unpaired) electrons. The van der Waals surface area contributed by atoms with Gasteiger partial charge in [-0.2, -0.15) is 13.2 Å². The predicted octanol–water partition coefficient (Wildman–Crippen LogP) is 4.39. The van der Waals surface area contributed by atoms with Crippen molar-refractivity contribution >= 4 is 0 Å². The number of hydrogen-bond acceptors (Lipinski definition) is 1. The van der Waals surface area contributed by atoms with Crippen LogP contribution in [-0.4, -0.2) is 0 Å². The molecule has 19 heavy (non-hydrogen) atoms. The van der Waals surface area contributed by atoms with E-state index in [2.05, 4.69) is 0 Å². The zero-order valence-corrected chi connectivity index (χ0v) is 10.4. The molecule has 0 spiro atoms. The Morgan fingerprint density at radius 3 is 2.32 bits per heavy atom. The lowest BCUT2D eigenvalue weighted by Gasteiger charge is -2.14. The van der Waals surface area contributed by atoms with Crippen molar-refractivity contribution < 1.29 is 13.2 Å². The lowest BCUT2D eigenvalue weighted by Crippen LogP contribution is -2.08. The van der Waals surface area contributed by atoms with E-state index in [-0.39, 0.29) is 11.6 Å². The van der Waals surface area contributed by atoms with Gasteiger partial charge in [0.2, 0.25) is 0 Å². The van der Waals surface area contributed by atoms with Crippen molar-refractivity contribution in [3.8, 4) is 11.1 Å². The fourth-order valence-corrected chi connectivity index (χ4v) is 1.97. The minimum Gasteiger partial charge on any atom is -0.324 e. The van der Waals surface area contributed by atoms with E-state index in [0.717, 1.165) is 11.6 Å². The van der Waals surface area contributed by atoms with Gasteiger partial charge in [0.1, 0.15) is 0 Å². The van der Waals surface area contributed by atoms with Crippen LogP contribution in [0.5, 0.6) is 0 Å². The average molecular weight is 265 g/mol. The second-order valence-electron chi connectivity index (χ2n) is 4.46. The molecule has 1 nitrogen and oxygen atoms in total. The Hall–Kier alpha value is -1.81. The van der Waals surface area contributed by atoms with Gasteiger partial charge in [-0.25, -0.2) is 0 Å². The minimum absolute atomic E-state index is 0.178. The Labute approximate surface area is 109 Å². The Morgan fingerprint density at radius 1 is 1.00 bits per heavy atom. The molecule has 0 fully saturated rings. The lowest BCUT2D eigenvalue weighted by molar-refractivity contribution is -0.137. The van der Waals surface area contributed by atoms with Crippen molar-refractivity contribution in [3.05, 3.63) is 59.7 Å². The summed E-state index contributed by atoms with van der Waals surface area (Å²) in [5.41, 5.74) is 6.66. The summed E-state index contributed by atoms with van der Waals surface area (Å²) in [6, 6.07) is 12.2. The zero-order valence-electron chi connectivity index (χ0n) is 10.4. The summed E-state index contributed by atoms with van der Waals surface area (Å²) in [5.74, 6) is 0. The van der Waals surface area contributed by atoms with E-state index in [1.54, 1.807) is 31.2 Å². The van der Waals surface area contributed by atoms with E-state index in [0.29, 0.717) is 5.56 Å². The normalized spacial score (nSPS) is 13.3. The third-order valence-corrected chi connectivity index (χ3v) is 2.96. The molecular weight excluding hydrogens is 251 g/mol. The van der Waals surface area contributed by atoms with Gasteiger partial charge in [-0.05, 0) is 35.7 Å². The maximum atomic E-state index is 13.0. The van der Waals surface area contributed by atoms with E-state index >= 15 is 0 Å². The van der Waals surface area contributed by atoms with E-state index < -0.39 is 11.7 Å². The maximum absolute atomic E-state index is 13.0. The standard InChI is InChI=1S/C15H14F3N/c1-10(19)11-5-4-6-12(9-11)13-7-2-3-8-14(13)15(16,17)18/h2-10H,19H2,1H3/t10-/m0/s1. The van der Waals surface area contributed by atoms with Gasteiger partial charge in [-0.3, -0.25) is 0 Å². The van der Waals surface area contributed by atoms with Gasteiger partial charge < -0.3 is 5.73 Å². The van der Waals surface area contributed by atoms with Crippen molar-refractivity contribution in [3.63, 3.8) is 0 Å². The maximum Gasteiger partial charge on any atom is 0.417 e. The van der Waals surface area contributed by atoms with Crippen LogP contribution in [0.4, 0.5) is 13.2 Å². The van der Waals surface area contributed by atoms with Crippen molar-refractivity contribution in [1.82, 2.24) is 0 Å². The molecule has 0 aliphatic carbocycles. The van der Waals surface area contributed by atoms with Crippen LogP contribution in [0.1, 0.15) is 24.1 Å². The van der Waals surface area contributed by atoms with E-state index in [9.17, 15) is 13.2 Å². The molecule has 0 saturated heterocycles. The molecule has 0 aliphatic rings. The van der Waals surface area contributed by atoms with Crippen molar-refractivity contribution in [2.24, 2.45) is 5.73 Å².